The van der Waals surface area contributed by atoms with E-state index in [1.807, 2.05) is 37.3 Å². The summed E-state index contributed by atoms with van der Waals surface area (Å²) in [6, 6.07) is 13.1. The minimum Gasteiger partial charge on any atom is -0.508 e. The predicted molar refractivity (Wildman–Crippen MR) is 111 cm³/mol. The van der Waals surface area contributed by atoms with Gasteiger partial charge in [-0.15, -0.1) is 0 Å². The summed E-state index contributed by atoms with van der Waals surface area (Å²) in [7, 11) is 0. The van der Waals surface area contributed by atoms with Gasteiger partial charge in [0.05, 0.1) is 11.6 Å². The first kappa shape index (κ1) is 20.0. The molecular formula is C23H28N2O3. The van der Waals surface area contributed by atoms with Crippen LogP contribution in [0.15, 0.2) is 48.7 Å². The van der Waals surface area contributed by atoms with Crippen molar-refractivity contribution in [2.45, 2.75) is 26.8 Å². The molecular weight excluding hydrogens is 352 g/mol. The summed E-state index contributed by atoms with van der Waals surface area (Å²) in [5.74, 6) is -0.691. The van der Waals surface area contributed by atoms with Crippen molar-refractivity contribution in [3.8, 4) is 5.75 Å². The van der Waals surface area contributed by atoms with Crippen LogP contribution in [0.2, 0.25) is 0 Å². The number of carboxylic acids is 1. The van der Waals surface area contributed by atoms with E-state index in [2.05, 4.69) is 23.6 Å². The highest BCUT2D eigenvalue weighted by atomic mass is 16.4. The van der Waals surface area contributed by atoms with Crippen LogP contribution in [0.1, 0.15) is 42.1 Å². The van der Waals surface area contributed by atoms with Crippen molar-refractivity contribution in [3.05, 3.63) is 70.9 Å². The lowest BCUT2D eigenvalue weighted by Gasteiger charge is -2.38. The number of hydrogen-bond acceptors (Lipinski definition) is 4. The molecule has 1 atom stereocenters. The average Bonchev–Trinajstić information content (AvgIpc) is 2.68. The lowest BCUT2D eigenvalue weighted by atomic mass is 9.86. The first-order chi connectivity index (χ1) is 13.4. The van der Waals surface area contributed by atoms with Gasteiger partial charge < -0.3 is 20.0 Å². The van der Waals surface area contributed by atoms with Crippen molar-refractivity contribution >= 4 is 11.5 Å². The maximum absolute atomic E-state index is 12.0. The van der Waals surface area contributed by atoms with E-state index < -0.39 is 5.97 Å². The summed E-state index contributed by atoms with van der Waals surface area (Å²) in [5.41, 5.74) is 4.14. The fraction of sp³-hybridized carbons (Fsp3) is 0.348. The van der Waals surface area contributed by atoms with Crippen LogP contribution in [0.4, 0.5) is 0 Å². The first-order valence-corrected chi connectivity index (χ1v) is 9.77. The number of likely N-dealkylation sites (N-methyl/N-ethyl adjacent to an activating group) is 1. The van der Waals surface area contributed by atoms with Crippen LogP contribution in [0.25, 0.3) is 5.57 Å². The number of aryl methyl sites for hydroxylation is 1. The third-order valence-corrected chi connectivity index (χ3v) is 5.43. The number of aliphatic carboxylic acids is 1. The number of fused-ring (bicyclic) bond motifs is 1. The average molecular weight is 380 g/mol. The molecule has 0 aliphatic carbocycles. The van der Waals surface area contributed by atoms with Gasteiger partial charge in [-0.1, -0.05) is 49.7 Å². The quantitative estimate of drug-likeness (QED) is 0.763. The number of phenols is 1. The van der Waals surface area contributed by atoms with Crippen LogP contribution >= 0.6 is 0 Å². The minimum atomic E-state index is -0.913. The van der Waals surface area contributed by atoms with E-state index in [1.165, 1.54) is 0 Å². The second-order valence-corrected chi connectivity index (χ2v) is 7.20. The molecule has 0 bridgehead atoms. The molecule has 0 fully saturated rings. The van der Waals surface area contributed by atoms with Gasteiger partial charge in [0.1, 0.15) is 5.75 Å². The SMILES string of the molecule is CCN(CC)CCN1C=C(C(=O)O)c2cc(C)ccc2C1c1ccc(O)cc1. The molecule has 2 N–H and O–H groups in total. The van der Waals surface area contributed by atoms with Crippen molar-refractivity contribution in [1.29, 1.82) is 0 Å². The Hall–Kier alpha value is -2.79. The van der Waals surface area contributed by atoms with Crippen molar-refractivity contribution in [1.82, 2.24) is 9.80 Å². The Kier molecular flexibility index (Phi) is 6.05. The topological polar surface area (TPSA) is 64.0 Å². The Balaban J connectivity index is 2.08. The van der Waals surface area contributed by atoms with Gasteiger partial charge >= 0.3 is 5.97 Å². The summed E-state index contributed by atoms with van der Waals surface area (Å²) in [4.78, 5) is 16.4. The minimum absolute atomic E-state index is 0.0881. The van der Waals surface area contributed by atoms with Crippen LogP contribution in [0.5, 0.6) is 5.75 Å². The lowest BCUT2D eigenvalue weighted by molar-refractivity contribution is -0.130. The maximum atomic E-state index is 12.0. The van der Waals surface area contributed by atoms with Gasteiger partial charge in [-0.3, -0.25) is 0 Å². The molecule has 148 valence electrons. The third kappa shape index (κ3) is 4.04. The summed E-state index contributed by atoms with van der Waals surface area (Å²) in [6.45, 7) is 9.73. The van der Waals surface area contributed by atoms with E-state index in [0.29, 0.717) is 5.57 Å². The fourth-order valence-electron chi connectivity index (χ4n) is 3.82. The molecule has 1 unspecified atom stereocenters. The Morgan fingerprint density at radius 2 is 1.79 bits per heavy atom. The van der Waals surface area contributed by atoms with Gasteiger partial charge in [0.2, 0.25) is 0 Å². The van der Waals surface area contributed by atoms with Gasteiger partial charge in [0, 0.05) is 19.3 Å². The molecule has 0 saturated heterocycles. The van der Waals surface area contributed by atoms with Gasteiger partial charge in [-0.05, 0) is 48.8 Å². The van der Waals surface area contributed by atoms with Crippen LogP contribution in [-0.4, -0.2) is 52.2 Å². The summed E-state index contributed by atoms with van der Waals surface area (Å²) >= 11 is 0. The smallest absolute Gasteiger partial charge is 0.337 e. The van der Waals surface area contributed by atoms with Crippen molar-refractivity contribution < 1.29 is 15.0 Å². The molecule has 0 radical (unpaired) electrons. The lowest BCUT2D eigenvalue weighted by Crippen LogP contribution is -2.37. The number of aromatic hydroxyl groups is 1. The fourth-order valence-corrected chi connectivity index (χ4v) is 3.82. The Bertz CT molecular complexity index is 870. The van der Waals surface area contributed by atoms with E-state index in [4.69, 9.17) is 0 Å². The molecule has 3 rings (SSSR count). The summed E-state index contributed by atoms with van der Waals surface area (Å²) < 4.78 is 0. The number of carbonyl (C=O) groups is 1. The number of hydrogen-bond donors (Lipinski definition) is 2. The highest BCUT2D eigenvalue weighted by Gasteiger charge is 2.31. The highest BCUT2D eigenvalue weighted by Crippen LogP contribution is 2.39. The zero-order valence-corrected chi connectivity index (χ0v) is 16.7. The standard InChI is InChI=1S/C23H28N2O3/c1-4-24(5-2)12-13-25-15-21(23(27)28)20-14-16(3)6-11-19(20)22(25)17-7-9-18(26)10-8-17/h6-11,14-15,22,26H,4-5,12-13H2,1-3H3,(H,27,28). The Morgan fingerprint density at radius 1 is 1.11 bits per heavy atom. The van der Waals surface area contributed by atoms with E-state index >= 15 is 0 Å². The van der Waals surface area contributed by atoms with Crippen molar-refractivity contribution in [2.75, 3.05) is 26.2 Å². The monoisotopic (exact) mass is 380 g/mol. The van der Waals surface area contributed by atoms with E-state index in [1.54, 1.807) is 18.3 Å². The van der Waals surface area contributed by atoms with Crippen LogP contribution in [0.3, 0.4) is 0 Å². The molecule has 0 aromatic heterocycles. The molecule has 5 heteroatoms. The Labute approximate surface area is 166 Å². The molecule has 2 aromatic rings. The highest BCUT2D eigenvalue weighted by molar-refractivity contribution is 6.16. The number of benzene rings is 2. The van der Waals surface area contributed by atoms with Gasteiger partial charge in [-0.2, -0.15) is 0 Å². The van der Waals surface area contributed by atoms with Crippen LogP contribution < -0.4 is 0 Å². The molecule has 0 amide bonds. The van der Waals surface area contributed by atoms with Crippen molar-refractivity contribution in [2.24, 2.45) is 0 Å². The molecule has 1 aliphatic heterocycles. The van der Waals surface area contributed by atoms with E-state index in [-0.39, 0.29) is 11.8 Å². The van der Waals surface area contributed by atoms with Gasteiger partial charge in [-0.25, -0.2) is 4.79 Å². The Morgan fingerprint density at radius 3 is 2.39 bits per heavy atom. The zero-order valence-electron chi connectivity index (χ0n) is 16.7. The second kappa shape index (κ2) is 8.48. The molecule has 5 nitrogen and oxygen atoms in total. The summed E-state index contributed by atoms with van der Waals surface area (Å²) in [6.07, 6.45) is 1.78. The maximum Gasteiger partial charge on any atom is 0.337 e. The van der Waals surface area contributed by atoms with E-state index in [9.17, 15) is 15.0 Å². The number of nitrogens with zero attached hydrogens (tertiary/aromatic N) is 2. The number of phenolic OH excluding ortho intramolecular Hbond substituents is 1. The van der Waals surface area contributed by atoms with Crippen LogP contribution in [-0.2, 0) is 4.79 Å². The van der Waals surface area contributed by atoms with Gasteiger partial charge in [0.15, 0.2) is 0 Å². The first-order valence-electron chi connectivity index (χ1n) is 9.77. The molecule has 28 heavy (non-hydrogen) atoms. The third-order valence-electron chi connectivity index (χ3n) is 5.43. The molecule has 2 aromatic carbocycles. The predicted octanol–water partition coefficient (Wildman–Crippen LogP) is 3.87. The van der Waals surface area contributed by atoms with Crippen molar-refractivity contribution in [3.63, 3.8) is 0 Å². The van der Waals surface area contributed by atoms with Gasteiger partial charge in [0.25, 0.3) is 0 Å². The molecule has 1 aliphatic rings. The van der Waals surface area contributed by atoms with Crippen LogP contribution in [0, 0.1) is 6.92 Å². The number of rotatable bonds is 7. The largest absolute Gasteiger partial charge is 0.508 e. The number of carboxylic acid groups (broad SMARTS) is 1. The normalized spacial score (nSPS) is 16.1. The molecule has 1 heterocycles. The zero-order chi connectivity index (χ0) is 20.3. The second-order valence-electron chi connectivity index (χ2n) is 7.20. The summed E-state index contributed by atoms with van der Waals surface area (Å²) in [5, 5.41) is 19.5. The van der Waals surface area contributed by atoms with E-state index in [0.717, 1.165) is 48.4 Å². The molecule has 0 saturated carbocycles. The molecule has 0 spiro atoms.